The minimum absolute atomic E-state index is 1.03. The number of aromatic amines is 1. The maximum Gasteiger partial charge on any atom is 0.0740 e. The van der Waals surface area contributed by atoms with Gasteiger partial charge in [-0.25, -0.2) is 4.68 Å². The van der Waals surface area contributed by atoms with Crippen LogP contribution in [0, 0.1) is 0 Å². The summed E-state index contributed by atoms with van der Waals surface area (Å²) in [6.45, 7) is 0. The Morgan fingerprint density at radius 1 is 0.950 bits per heavy atom. The molecule has 4 nitrogen and oxygen atoms in total. The van der Waals surface area contributed by atoms with Crippen molar-refractivity contribution in [3.63, 3.8) is 0 Å². The summed E-state index contributed by atoms with van der Waals surface area (Å²) in [6, 6.07) is 18.4. The molecular formula is C16H12N4. The Bertz CT molecular complexity index is 858. The summed E-state index contributed by atoms with van der Waals surface area (Å²) in [6.07, 6.45) is 3.65. The molecule has 0 saturated carbocycles. The molecule has 0 spiro atoms. The summed E-state index contributed by atoms with van der Waals surface area (Å²) in [7, 11) is 0. The fraction of sp³-hybridized carbons (Fsp3) is 0. The number of hydrogen-bond donors (Lipinski definition) is 1. The maximum atomic E-state index is 4.44. The maximum absolute atomic E-state index is 4.44. The molecular weight excluding hydrogens is 248 g/mol. The fourth-order valence-corrected chi connectivity index (χ4v) is 2.40. The normalized spacial score (nSPS) is 11.0. The number of rotatable bonds is 2. The molecule has 0 bridgehead atoms. The number of hydrogen-bond acceptors (Lipinski definition) is 2. The summed E-state index contributed by atoms with van der Waals surface area (Å²) in [5.74, 6) is 0. The highest BCUT2D eigenvalue weighted by molar-refractivity contribution is 5.80. The van der Waals surface area contributed by atoms with E-state index in [0.717, 1.165) is 27.8 Å². The molecule has 0 fully saturated rings. The molecule has 0 radical (unpaired) electrons. The van der Waals surface area contributed by atoms with Gasteiger partial charge in [0.15, 0.2) is 0 Å². The van der Waals surface area contributed by atoms with E-state index >= 15 is 0 Å². The molecule has 1 N–H and O–H groups in total. The van der Waals surface area contributed by atoms with E-state index < -0.39 is 0 Å². The predicted molar refractivity (Wildman–Crippen MR) is 78.7 cm³/mol. The van der Waals surface area contributed by atoms with Gasteiger partial charge in [-0.3, -0.25) is 5.10 Å². The van der Waals surface area contributed by atoms with Crippen LogP contribution in [-0.2, 0) is 0 Å². The van der Waals surface area contributed by atoms with Crippen LogP contribution in [0.25, 0.3) is 27.8 Å². The highest BCUT2D eigenvalue weighted by Crippen LogP contribution is 2.23. The average molecular weight is 260 g/mol. The van der Waals surface area contributed by atoms with Crippen LogP contribution < -0.4 is 0 Å². The lowest BCUT2D eigenvalue weighted by atomic mass is 10.1. The van der Waals surface area contributed by atoms with Gasteiger partial charge < -0.3 is 0 Å². The van der Waals surface area contributed by atoms with Gasteiger partial charge in [-0.2, -0.15) is 10.2 Å². The van der Waals surface area contributed by atoms with E-state index in [2.05, 4.69) is 33.5 Å². The molecule has 0 amide bonds. The van der Waals surface area contributed by atoms with Gasteiger partial charge in [0.2, 0.25) is 0 Å². The molecule has 0 aliphatic heterocycles. The van der Waals surface area contributed by atoms with E-state index in [9.17, 15) is 0 Å². The number of fused-ring (bicyclic) bond motifs is 1. The molecule has 4 aromatic rings. The van der Waals surface area contributed by atoms with Gasteiger partial charge in [-0.15, -0.1) is 0 Å². The zero-order chi connectivity index (χ0) is 13.4. The summed E-state index contributed by atoms with van der Waals surface area (Å²) >= 11 is 0. The molecule has 2 aromatic carbocycles. The average Bonchev–Trinajstić information content (AvgIpc) is 3.16. The van der Waals surface area contributed by atoms with Gasteiger partial charge in [0.1, 0.15) is 0 Å². The van der Waals surface area contributed by atoms with E-state index in [4.69, 9.17) is 0 Å². The molecule has 20 heavy (non-hydrogen) atoms. The highest BCUT2D eigenvalue weighted by Gasteiger charge is 2.07. The van der Waals surface area contributed by atoms with Crippen LogP contribution in [0.1, 0.15) is 0 Å². The SMILES string of the molecule is c1ccc(-c2ccnn2-c2ccc3[nH]ncc3c2)cc1. The molecule has 0 unspecified atom stereocenters. The van der Waals surface area contributed by atoms with Gasteiger partial charge in [-0.1, -0.05) is 30.3 Å². The zero-order valence-electron chi connectivity index (χ0n) is 10.7. The van der Waals surface area contributed by atoms with Crippen molar-refractivity contribution in [3.05, 3.63) is 67.0 Å². The van der Waals surface area contributed by atoms with Gasteiger partial charge in [-0.05, 0) is 24.3 Å². The summed E-state index contributed by atoms with van der Waals surface area (Å²) in [5.41, 5.74) is 4.29. The van der Waals surface area contributed by atoms with Crippen LogP contribution in [0.2, 0.25) is 0 Å². The van der Waals surface area contributed by atoms with Crippen LogP contribution in [0.15, 0.2) is 67.0 Å². The van der Waals surface area contributed by atoms with Gasteiger partial charge in [0.05, 0.1) is 29.3 Å². The summed E-state index contributed by atoms with van der Waals surface area (Å²) < 4.78 is 1.95. The Morgan fingerprint density at radius 2 is 1.85 bits per heavy atom. The van der Waals surface area contributed by atoms with Crippen molar-refractivity contribution in [3.8, 4) is 16.9 Å². The molecule has 96 valence electrons. The minimum Gasteiger partial charge on any atom is -0.278 e. The van der Waals surface area contributed by atoms with Gasteiger partial charge in [0.25, 0.3) is 0 Å². The Morgan fingerprint density at radius 3 is 2.75 bits per heavy atom. The standard InChI is InChI=1S/C16H12N4/c1-2-4-12(5-3-1)16-8-9-18-20(16)14-6-7-15-13(10-14)11-17-19-15/h1-11H,(H,17,19). The van der Waals surface area contributed by atoms with E-state index in [-0.39, 0.29) is 0 Å². The molecule has 0 saturated heterocycles. The van der Waals surface area contributed by atoms with Crippen molar-refractivity contribution in [2.24, 2.45) is 0 Å². The zero-order valence-corrected chi connectivity index (χ0v) is 10.7. The van der Waals surface area contributed by atoms with Crippen LogP contribution in [0.3, 0.4) is 0 Å². The van der Waals surface area contributed by atoms with Crippen molar-refractivity contribution >= 4 is 10.9 Å². The Labute approximate surface area is 115 Å². The summed E-state index contributed by atoms with van der Waals surface area (Å²) in [4.78, 5) is 0. The molecule has 0 atom stereocenters. The third kappa shape index (κ3) is 1.70. The summed E-state index contributed by atoms with van der Waals surface area (Å²) in [5, 5.41) is 12.5. The van der Waals surface area contributed by atoms with E-state index in [0.29, 0.717) is 0 Å². The van der Waals surface area contributed by atoms with E-state index in [1.54, 1.807) is 0 Å². The molecule has 2 aromatic heterocycles. The van der Waals surface area contributed by atoms with Crippen molar-refractivity contribution in [2.45, 2.75) is 0 Å². The first-order valence-electron chi connectivity index (χ1n) is 6.45. The lowest BCUT2D eigenvalue weighted by Gasteiger charge is -2.07. The van der Waals surface area contributed by atoms with Crippen molar-refractivity contribution < 1.29 is 0 Å². The Kier molecular flexibility index (Phi) is 2.39. The minimum atomic E-state index is 1.03. The largest absolute Gasteiger partial charge is 0.278 e. The van der Waals surface area contributed by atoms with E-state index in [1.807, 2.05) is 53.5 Å². The second-order valence-corrected chi connectivity index (χ2v) is 4.64. The number of benzene rings is 2. The first kappa shape index (κ1) is 11.0. The second kappa shape index (κ2) is 4.35. The fourth-order valence-electron chi connectivity index (χ4n) is 2.40. The highest BCUT2D eigenvalue weighted by atomic mass is 15.3. The third-order valence-corrected chi connectivity index (χ3v) is 3.38. The molecule has 4 heteroatoms. The van der Waals surface area contributed by atoms with Gasteiger partial charge in [0, 0.05) is 10.9 Å². The topological polar surface area (TPSA) is 46.5 Å². The smallest absolute Gasteiger partial charge is 0.0740 e. The molecule has 2 heterocycles. The van der Waals surface area contributed by atoms with Crippen molar-refractivity contribution in [1.29, 1.82) is 0 Å². The first-order valence-corrected chi connectivity index (χ1v) is 6.45. The second-order valence-electron chi connectivity index (χ2n) is 4.64. The lowest BCUT2D eigenvalue weighted by molar-refractivity contribution is 0.889. The quantitative estimate of drug-likeness (QED) is 0.600. The van der Waals surface area contributed by atoms with Crippen LogP contribution >= 0.6 is 0 Å². The number of nitrogens with zero attached hydrogens (tertiary/aromatic N) is 3. The monoisotopic (exact) mass is 260 g/mol. The van der Waals surface area contributed by atoms with Gasteiger partial charge >= 0.3 is 0 Å². The Hall–Kier alpha value is -2.88. The van der Waals surface area contributed by atoms with Crippen LogP contribution in [0.5, 0.6) is 0 Å². The van der Waals surface area contributed by atoms with Crippen LogP contribution in [-0.4, -0.2) is 20.0 Å². The third-order valence-electron chi connectivity index (χ3n) is 3.38. The number of nitrogens with one attached hydrogen (secondary N) is 1. The lowest BCUT2D eigenvalue weighted by Crippen LogP contribution is -1.98. The predicted octanol–water partition coefficient (Wildman–Crippen LogP) is 3.42. The van der Waals surface area contributed by atoms with Crippen molar-refractivity contribution in [1.82, 2.24) is 20.0 Å². The van der Waals surface area contributed by atoms with Crippen molar-refractivity contribution in [2.75, 3.05) is 0 Å². The number of H-pyrrole nitrogens is 1. The molecule has 0 aliphatic carbocycles. The number of aromatic nitrogens is 4. The Balaban J connectivity index is 1.88. The molecule has 0 aliphatic rings. The molecule has 4 rings (SSSR count). The van der Waals surface area contributed by atoms with Crippen LogP contribution in [0.4, 0.5) is 0 Å². The van der Waals surface area contributed by atoms with E-state index in [1.165, 1.54) is 0 Å². The first-order chi connectivity index (χ1) is 9.92.